The Bertz CT molecular complexity index is 841. The van der Waals surface area contributed by atoms with E-state index in [1.807, 2.05) is 60.7 Å². The Balaban J connectivity index is 1.53. The van der Waals surface area contributed by atoms with Crippen LogP contribution >= 0.6 is 0 Å². The van der Waals surface area contributed by atoms with Crippen molar-refractivity contribution in [2.24, 2.45) is 0 Å². The molecular weight excluding hydrogens is 362 g/mol. The third-order valence-electron chi connectivity index (χ3n) is 4.57. The molecule has 0 atom stereocenters. The maximum atomic E-state index is 12.8. The Kier molecular flexibility index (Phi) is 6.60. The first-order chi connectivity index (χ1) is 13.1. The molecule has 6 nitrogen and oxygen atoms in total. The summed E-state index contributed by atoms with van der Waals surface area (Å²) in [6.07, 6.45) is 1.43. The summed E-state index contributed by atoms with van der Waals surface area (Å²) in [6.45, 7) is 1.53. The highest BCUT2D eigenvalue weighted by molar-refractivity contribution is 7.86. The van der Waals surface area contributed by atoms with Gasteiger partial charge in [-0.25, -0.2) is 0 Å². The minimum absolute atomic E-state index is 0.136. The van der Waals surface area contributed by atoms with Crippen molar-refractivity contribution in [3.05, 3.63) is 71.8 Å². The summed E-state index contributed by atoms with van der Waals surface area (Å²) in [6, 6.07) is 19.4. The quantitative estimate of drug-likeness (QED) is 0.788. The van der Waals surface area contributed by atoms with E-state index in [2.05, 4.69) is 5.32 Å². The van der Waals surface area contributed by atoms with Gasteiger partial charge in [-0.1, -0.05) is 60.7 Å². The molecule has 1 heterocycles. The predicted octanol–water partition coefficient (Wildman–Crippen LogP) is 1.80. The van der Waals surface area contributed by atoms with Crippen molar-refractivity contribution in [3.63, 3.8) is 0 Å². The van der Waals surface area contributed by atoms with Crippen LogP contribution in [0.15, 0.2) is 60.7 Å². The number of carbonyl (C=O) groups excluding carboxylic acids is 1. The second-order valence-corrected chi connectivity index (χ2v) is 8.53. The van der Waals surface area contributed by atoms with Crippen LogP contribution < -0.4 is 5.32 Å². The SMILES string of the molecule is O=C(CN1CCCN(Cc2ccccc2)S1(=O)=O)NCCc1ccccc1. The third-order valence-corrected chi connectivity index (χ3v) is 6.50. The van der Waals surface area contributed by atoms with Crippen molar-refractivity contribution in [1.29, 1.82) is 0 Å². The van der Waals surface area contributed by atoms with Gasteiger partial charge in [-0.3, -0.25) is 4.79 Å². The summed E-state index contributed by atoms with van der Waals surface area (Å²) >= 11 is 0. The van der Waals surface area contributed by atoms with Gasteiger partial charge >= 0.3 is 0 Å². The number of hydrogen-bond donors (Lipinski definition) is 1. The lowest BCUT2D eigenvalue weighted by molar-refractivity contribution is -0.121. The molecule has 0 aromatic heterocycles. The molecule has 1 N–H and O–H groups in total. The smallest absolute Gasteiger partial charge is 0.282 e. The van der Waals surface area contributed by atoms with Crippen LogP contribution in [0.25, 0.3) is 0 Å². The standard InChI is InChI=1S/C20H25N3O3S/c24-20(21-13-12-18-8-3-1-4-9-18)17-23-15-7-14-22(27(23,25)26)16-19-10-5-2-6-11-19/h1-6,8-11H,7,12-17H2,(H,21,24). The Morgan fingerprint density at radius 3 is 2.15 bits per heavy atom. The molecule has 1 aliphatic heterocycles. The predicted molar refractivity (Wildman–Crippen MR) is 105 cm³/mol. The molecule has 0 bridgehead atoms. The van der Waals surface area contributed by atoms with E-state index in [1.165, 1.54) is 8.61 Å². The summed E-state index contributed by atoms with van der Waals surface area (Å²) in [7, 11) is -3.63. The maximum absolute atomic E-state index is 12.8. The van der Waals surface area contributed by atoms with Crippen LogP contribution in [-0.4, -0.2) is 49.1 Å². The van der Waals surface area contributed by atoms with Crippen LogP contribution in [-0.2, 0) is 28.0 Å². The van der Waals surface area contributed by atoms with Gasteiger partial charge in [0.15, 0.2) is 0 Å². The van der Waals surface area contributed by atoms with Crippen LogP contribution in [0, 0.1) is 0 Å². The first-order valence-electron chi connectivity index (χ1n) is 9.15. The average Bonchev–Trinajstić information content (AvgIpc) is 2.67. The second-order valence-electron chi connectivity index (χ2n) is 6.60. The van der Waals surface area contributed by atoms with Gasteiger partial charge in [0.2, 0.25) is 5.91 Å². The summed E-state index contributed by atoms with van der Waals surface area (Å²) in [5.41, 5.74) is 2.08. The first kappa shape index (κ1) is 19.5. The van der Waals surface area contributed by atoms with E-state index >= 15 is 0 Å². The van der Waals surface area contributed by atoms with Crippen LogP contribution in [0.4, 0.5) is 0 Å². The number of hydrogen-bond acceptors (Lipinski definition) is 3. The van der Waals surface area contributed by atoms with E-state index in [0.29, 0.717) is 32.6 Å². The van der Waals surface area contributed by atoms with Gasteiger partial charge < -0.3 is 5.32 Å². The minimum atomic E-state index is -3.63. The zero-order chi connectivity index (χ0) is 19.1. The number of rotatable bonds is 7. The van der Waals surface area contributed by atoms with Gasteiger partial charge in [0, 0.05) is 26.2 Å². The molecule has 0 radical (unpaired) electrons. The molecule has 27 heavy (non-hydrogen) atoms. The zero-order valence-corrected chi connectivity index (χ0v) is 16.1. The fourth-order valence-corrected chi connectivity index (χ4v) is 4.77. The molecule has 0 unspecified atom stereocenters. The van der Waals surface area contributed by atoms with Crippen LogP contribution in [0.2, 0.25) is 0 Å². The summed E-state index contributed by atoms with van der Waals surface area (Å²) in [5.74, 6) is -0.268. The van der Waals surface area contributed by atoms with Crippen molar-refractivity contribution in [2.45, 2.75) is 19.4 Å². The molecule has 2 aromatic rings. The lowest BCUT2D eigenvalue weighted by Gasteiger charge is -2.34. The molecule has 1 aliphatic rings. The number of amides is 1. The molecule has 1 amide bonds. The number of benzene rings is 2. The highest BCUT2D eigenvalue weighted by Gasteiger charge is 2.34. The van der Waals surface area contributed by atoms with E-state index in [4.69, 9.17) is 0 Å². The number of carbonyl (C=O) groups is 1. The molecule has 1 fully saturated rings. The molecule has 1 saturated heterocycles. The van der Waals surface area contributed by atoms with E-state index < -0.39 is 10.2 Å². The summed E-state index contributed by atoms with van der Waals surface area (Å²) in [5, 5.41) is 2.82. The van der Waals surface area contributed by atoms with Crippen molar-refractivity contribution >= 4 is 16.1 Å². The molecule has 2 aromatic carbocycles. The maximum Gasteiger partial charge on any atom is 0.282 e. The van der Waals surface area contributed by atoms with Crippen molar-refractivity contribution in [2.75, 3.05) is 26.2 Å². The van der Waals surface area contributed by atoms with Crippen LogP contribution in [0.3, 0.4) is 0 Å². The normalized spacial score (nSPS) is 17.5. The Morgan fingerprint density at radius 1 is 0.889 bits per heavy atom. The highest BCUT2D eigenvalue weighted by Crippen LogP contribution is 2.18. The molecule has 7 heteroatoms. The van der Waals surface area contributed by atoms with Gasteiger partial charge in [0.25, 0.3) is 10.2 Å². The Labute approximate surface area is 161 Å². The first-order valence-corrected chi connectivity index (χ1v) is 10.6. The molecule has 0 spiro atoms. The van der Waals surface area contributed by atoms with E-state index in [1.54, 1.807) is 0 Å². The topological polar surface area (TPSA) is 69.7 Å². The van der Waals surface area contributed by atoms with E-state index in [0.717, 1.165) is 17.5 Å². The number of nitrogens with one attached hydrogen (secondary N) is 1. The minimum Gasteiger partial charge on any atom is -0.355 e. The van der Waals surface area contributed by atoms with E-state index in [9.17, 15) is 13.2 Å². The molecule has 3 rings (SSSR count). The van der Waals surface area contributed by atoms with Gasteiger partial charge in [0.05, 0.1) is 6.54 Å². The Hall–Kier alpha value is -2.22. The fourth-order valence-electron chi connectivity index (χ4n) is 3.13. The second kappa shape index (κ2) is 9.12. The summed E-state index contributed by atoms with van der Waals surface area (Å²) in [4.78, 5) is 12.2. The number of nitrogens with zero attached hydrogens (tertiary/aromatic N) is 2. The average molecular weight is 388 g/mol. The van der Waals surface area contributed by atoms with E-state index in [-0.39, 0.29) is 12.5 Å². The lowest BCUT2D eigenvalue weighted by atomic mass is 10.1. The fraction of sp³-hybridized carbons (Fsp3) is 0.350. The molecule has 0 saturated carbocycles. The zero-order valence-electron chi connectivity index (χ0n) is 15.3. The van der Waals surface area contributed by atoms with Crippen molar-refractivity contribution < 1.29 is 13.2 Å². The van der Waals surface area contributed by atoms with Crippen LogP contribution in [0.5, 0.6) is 0 Å². The van der Waals surface area contributed by atoms with Crippen molar-refractivity contribution in [3.8, 4) is 0 Å². The third kappa shape index (κ3) is 5.38. The van der Waals surface area contributed by atoms with Crippen LogP contribution in [0.1, 0.15) is 17.5 Å². The Morgan fingerprint density at radius 2 is 1.48 bits per heavy atom. The summed E-state index contributed by atoms with van der Waals surface area (Å²) < 4.78 is 28.4. The molecule has 0 aliphatic carbocycles. The van der Waals surface area contributed by atoms with Gasteiger partial charge in [-0.15, -0.1) is 0 Å². The molecular formula is C20H25N3O3S. The molecule has 144 valence electrons. The highest BCUT2D eigenvalue weighted by atomic mass is 32.2. The lowest BCUT2D eigenvalue weighted by Crippen LogP contribution is -2.52. The van der Waals surface area contributed by atoms with Gasteiger partial charge in [-0.2, -0.15) is 17.0 Å². The van der Waals surface area contributed by atoms with Gasteiger partial charge in [0.1, 0.15) is 0 Å². The largest absolute Gasteiger partial charge is 0.355 e. The van der Waals surface area contributed by atoms with Gasteiger partial charge in [-0.05, 0) is 24.0 Å². The monoisotopic (exact) mass is 387 g/mol. The van der Waals surface area contributed by atoms with Crippen molar-refractivity contribution in [1.82, 2.24) is 13.9 Å².